The van der Waals surface area contributed by atoms with Crippen molar-refractivity contribution in [3.05, 3.63) is 71.4 Å². The van der Waals surface area contributed by atoms with Crippen LogP contribution in [0.15, 0.2) is 59.1 Å². The molecular formula is C29H30F3N3O8. The summed E-state index contributed by atoms with van der Waals surface area (Å²) in [6.45, 7) is 3.39. The van der Waals surface area contributed by atoms with Crippen molar-refractivity contribution in [1.82, 2.24) is 10.1 Å². The zero-order chi connectivity index (χ0) is 31.6. The number of likely N-dealkylation sites (tertiary alicyclic amines) is 1. The first-order valence-electron chi connectivity index (χ1n) is 13.2. The molecule has 3 heterocycles. The average Bonchev–Trinajstić information content (AvgIpc) is 3.52. The van der Waals surface area contributed by atoms with E-state index < -0.39 is 24.1 Å². The Balaban J connectivity index is 0.000000281. The van der Waals surface area contributed by atoms with Crippen LogP contribution in [0.2, 0.25) is 0 Å². The number of carboxylic acids is 3. The Kier molecular flexibility index (Phi) is 11.4. The summed E-state index contributed by atoms with van der Waals surface area (Å²) >= 11 is 0. The number of hydrogen-bond acceptors (Lipinski definition) is 7. The van der Waals surface area contributed by atoms with Gasteiger partial charge < -0.3 is 25.2 Å². The van der Waals surface area contributed by atoms with Crippen molar-refractivity contribution in [3.63, 3.8) is 0 Å². The molecule has 14 heteroatoms. The number of amides is 1. The lowest BCUT2D eigenvalue weighted by Crippen LogP contribution is -2.33. The summed E-state index contributed by atoms with van der Waals surface area (Å²) in [5.41, 5.74) is 5.12. The van der Waals surface area contributed by atoms with E-state index in [-0.39, 0.29) is 5.91 Å². The minimum atomic E-state index is -5.08. The lowest BCUT2D eigenvalue weighted by Gasteiger charge is -2.31. The molecule has 43 heavy (non-hydrogen) atoms. The van der Waals surface area contributed by atoms with Crippen molar-refractivity contribution in [3.8, 4) is 0 Å². The van der Waals surface area contributed by atoms with Crippen LogP contribution in [0.1, 0.15) is 36.1 Å². The van der Waals surface area contributed by atoms with Crippen molar-refractivity contribution in [2.75, 3.05) is 18.4 Å². The minimum absolute atomic E-state index is 0.0550. The summed E-state index contributed by atoms with van der Waals surface area (Å²) < 4.78 is 37.3. The lowest BCUT2D eigenvalue weighted by molar-refractivity contribution is -0.192. The molecule has 0 aliphatic carbocycles. The Labute approximate surface area is 243 Å². The van der Waals surface area contributed by atoms with E-state index in [0.29, 0.717) is 18.6 Å². The van der Waals surface area contributed by atoms with E-state index >= 15 is 0 Å². The molecule has 3 aromatic rings. The van der Waals surface area contributed by atoms with Gasteiger partial charge in [-0.1, -0.05) is 35.5 Å². The molecule has 0 bridgehead atoms. The topological polar surface area (TPSA) is 170 Å². The van der Waals surface area contributed by atoms with Gasteiger partial charge in [-0.2, -0.15) is 13.2 Å². The SMILES string of the molecule is O=C(O)C(F)(F)F.O=C(O)C=CC(=O)O.O=C1Cc2cc3c(CCC4CCN(Cc5ccccc5)CC4)noc3cc2N1. The van der Waals surface area contributed by atoms with Gasteiger partial charge in [-0.3, -0.25) is 9.69 Å². The fourth-order valence-corrected chi connectivity index (χ4v) is 4.65. The van der Waals surface area contributed by atoms with Crippen LogP contribution in [-0.4, -0.2) is 68.5 Å². The second kappa shape index (κ2) is 15.0. The number of aryl methyl sites for hydroxylation is 1. The number of halogens is 3. The molecule has 1 fully saturated rings. The van der Waals surface area contributed by atoms with Crippen molar-refractivity contribution in [2.24, 2.45) is 5.92 Å². The predicted molar refractivity (Wildman–Crippen MR) is 147 cm³/mol. The number of rotatable bonds is 7. The highest BCUT2D eigenvalue weighted by Gasteiger charge is 2.38. The largest absolute Gasteiger partial charge is 0.490 e. The third kappa shape index (κ3) is 10.6. The molecule has 0 atom stereocenters. The molecule has 2 aliphatic heterocycles. The predicted octanol–water partition coefficient (Wildman–Crippen LogP) is 4.51. The zero-order valence-electron chi connectivity index (χ0n) is 22.8. The normalized spacial score (nSPS) is 15.2. The Morgan fingerprint density at radius 1 is 1.02 bits per heavy atom. The molecule has 2 aromatic carbocycles. The highest BCUT2D eigenvalue weighted by molar-refractivity contribution is 6.02. The van der Waals surface area contributed by atoms with E-state index in [0.717, 1.165) is 53.2 Å². The number of carboxylic acid groups (broad SMARTS) is 3. The van der Waals surface area contributed by atoms with Crippen LogP contribution in [0.4, 0.5) is 18.9 Å². The van der Waals surface area contributed by atoms with E-state index in [2.05, 4.69) is 51.8 Å². The van der Waals surface area contributed by atoms with E-state index in [1.54, 1.807) is 0 Å². The highest BCUT2D eigenvalue weighted by atomic mass is 19.4. The van der Waals surface area contributed by atoms with Crippen LogP contribution in [0.5, 0.6) is 0 Å². The molecule has 0 radical (unpaired) electrons. The Bertz CT molecular complexity index is 1450. The number of benzene rings is 2. The van der Waals surface area contributed by atoms with Crippen LogP contribution in [-0.2, 0) is 38.6 Å². The van der Waals surface area contributed by atoms with Gasteiger partial charge in [0.05, 0.1) is 12.1 Å². The molecular weight excluding hydrogens is 575 g/mol. The van der Waals surface area contributed by atoms with Crippen molar-refractivity contribution >= 4 is 40.5 Å². The third-order valence-corrected chi connectivity index (χ3v) is 6.75. The van der Waals surface area contributed by atoms with E-state index in [1.807, 2.05) is 6.07 Å². The fourth-order valence-electron chi connectivity index (χ4n) is 4.65. The smallest absolute Gasteiger partial charge is 0.478 e. The number of piperidine rings is 1. The second-order valence-corrected chi connectivity index (χ2v) is 9.92. The number of hydrogen-bond donors (Lipinski definition) is 4. The summed E-state index contributed by atoms with van der Waals surface area (Å²) in [5.74, 6) is -4.47. The van der Waals surface area contributed by atoms with Gasteiger partial charge in [0.25, 0.3) is 0 Å². The van der Waals surface area contributed by atoms with Crippen molar-refractivity contribution < 1.29 is 52.2 Å². The maximum atomic E-state index is 11.6. The number of alkyl halides is 3. The van der Waals surface area contributed by atoms with E-state index in [4.69, 9.17) is 24.6 Å². The summed E-state index contributed by atoms with van der Waals surface area (Å²) in [4.78, 5) is 42.2. The van der Waals surface area contributed by atoms with Crippen LogP contribution in [0, 0.1) is 5.92 Å². The highest BCUT2D eigenvalue weighted by Crippen LogP contribution is 2.32. The molecule has 5 rings (SSSR count). The molecule has 230 valence electrons. The van der Waals surface area contributed by atoms with Gasteiger partial charge in [0, 0.05) is 35.8 Å². The van der Waals surface area contributed by atoms with Crippen LogP contribution in [0.25, 0.3) is 11.0 Å². The summed E-state index contributed by atoms with van der Waals surface area (Å²) in [7, 11) is 0. The lowest BCUT2D eigenvalue weighted by atomic mass is 9.91. The number of nitrogens with one attached hydrogen (secondary N) is 1. The first-order chi connectivity index (χ1) is 20.3. The average molecular weight is 606 g/mol. The minimum Gasteiger partial charge on any atom is -0.478 e. The third-order valence-electron chi connectivity index (χ3n) is 6.75. The van der Waals surface area contributed by atoms with Crippen LogP contribution in [0.3, 0.4) is 0 Å². The first kappa shape index (κ1) is 32.8. The van der Waals surface area contributed by atoms with Crippen molar-refractivity contribution in [1.29, 1.82) is 0 Å². The van der Waals surface area contributed by atoms with Gasteiger partial charge >= 0.3 is 24.1 Å². The zero-order valence-corrected chi connectivity index (χ0v) is 22.8. The molecule has 1 saturated heterocycles. The first-order valence-corrected chi connectivity index (χ1v) is 13.2. The monoisotopic (exact) mass is 605 g/mol. The van der Waals surface area contributed by atoms with Crippen molar-refractivity contribution in [2.45, 2.75) is 44.8 Å². The number of anilines is 1. The van der Waals surface area contributed by atoms with Gasteiger partial charge in [-0.15, -0.1) is 0 Å². The van der Waals surface area contributed by atoms with E-state index in [1.165, 1.54) is 31.5 Å². The molecule has 2 aliphatic rings. The summed E-state index contributed by atoms with van der Waals surface area (Å²) in [6.07, 6.45) is 1.07. The number of aromatic nitrogens is 1. The standard InChI is InChI=1S/C23H25N3O2.C4H4O4.C2HF3O2/c27-23-13-18-12-19-20(25-28-22(19)14-21(18)24-23)7-6-16-8-10-26(11-9-16)15-17-4-2-1-3-5-17;5-3(6)1-2-4(7)8;3-2(4,5)1(6)7/h1-5,12,14,16H,6-11,13,15H2,(H,24,27);1-2H,(H,5,6)(H,7,8);(H,6,7). The Morgan fingerprint density at radius 2 is 1.63 bits per heavy atom. The molecule has 1 aromatic heterocycles. The van der Waals surface area contributed by atoms with Gasteiger partial charge in [0.1, 0.15) is 0 Å². The van der Waals surface area contributed by atoms with Crippen LogP contribution >= 0.6 is 0 Å². The number of carbonyl (C=O) groups is 4. The van der Waals surface area contributed by atoms with E-state index in [9.17, 15) is 27.6 Å². The fraction of sp³-hybridized carbons (Fsp3) is 0.345. The number of carbonyl (C=O) groups excluding carboxylic acids is 1. The quantitative estimate of drug-likeness (QED) is 0.281. The van der Waals surface area contributed by atoms with Gasteiger partial charge in [-0.05, 0) is 61.9 Å². The molecule has 0 saturated carbocycles. The maximum Gasteiger partial charge on any atom is 0.490 e. The summed E-state index contributed by atoms with van der Waals surface area (Å²) in [5, 5.41) is 31.0. The molecule has 11 nitrogen and oxygen atoms in total. The Hall–Kier alpha value is -4.72. The van der Waals surface area contributed by atoms with Crippen LogP contribution < -0.4 is 5.32 Å². The second-order valence-electron chi connectivity index (χ2n) is 9.92. The summed E-state index contributed by atoms with van der Waals surface area (Å²) in [6, 6.07) is 14.7. The van der Waals surface area contributed by atoms with Gasteiger partial charge in [0.2, 0.25) is 5.91 Å². The molecule has 4 N–H and O–H groups in total. The maximum absolute atomic E-state index is 11.6. The number of fused-ring (bicyclic) bond motifs is 2. The molecule has 0 unspecified atom stereocenters. The van der Waals surface area contributed by atoms with Gasteiger partial charge in [0.15, 0.2) is 5.58 Å². The van der Waals surface area contributed by atoms with Gasteiger partial charge in [-0.25, -0.2) is 14.4 Å². The molecule has 0 spiro atoms. The molecule has 1 amide bonds. The number of nitrogens with zero attached hydrogens (tertiary/aromatic N) is 2. The Morgan fingerprint density at radius 3 is 2.19 bits per heavy atom. The number of aliphatic carboxylic acids is 3.